The van der Waals surface area contributed by atoms with Gasteiger partial charge in [-0.1, -0.05) is 6.92 Å². The van der Waals surface area contributed by atoms with Gasteiger partial charge in [-0.25, -0.2) is 4.79 Å². The molecule has 0 amide bonds. The molecule has 0 bridgehead atoms. The average molecular weight is 280 g/mol. The van der Waals surface area contributed by atoms with E-state index in [2.05, 4.69) is 6.92 Å². The molecule has 1 atom stereocenters. The average Bonchev–Trinajstić information content (AvgIpc) is 2.90. The van der Waals surface area contributed by atoms with Crippen LogP contribution in [0, 0.1) is 5.41 Å². The smallest absolute Gasteiger partial charge is 0.333 e. The van der Waals surface area contributed by atoms with Crippen molar-refractivity contribution >= 4 is 5.97 Å². The fourth-order valence-electron chi connectivity index (χ4n) is 4.24. The van der Waals surface area contributed by atoms with Crippen LogP contribution < -0.4 is 0 Å². The minimum Gasteiger partial charge on any atom is -0.463 e. The Morgan fingerprint density at radius 1 is 1.20 bits per heavy atom. The number of hydrogen-bond acceptors (Lipinski definition) is 4. The molecular formula is C16H24O4. The van der Waals surface area contributed by atoms with E-state index in [9.17, 15) is 4.79 Å². The lowest BCUT2D eigenvalue weighted by molar-refractivity contribution is -0.238. The van der Waals surface area contributed by atoms with Gasteiger partial charge in [0.25, 0.3) is 0 Å². The Kier molecular flexibility index (Phi) is 3.63. The summed E-state index contributed by atoms with van der Waals surface area (Å²) in [6.45, 7) is 5.83. The van der Waals surface area contributed by atoms with Crippen LogP contribution in [-0.4, -0.2) is 31.6 Å². The first kappa shape index (κ1) is 14.1. The zero-order valence-corrected chi connectivity index (χ0v) is 12.5. The van der Waals surface area contributed by atoms with E-state index in [4.69, 9.17) is 14.2 Å². The van der Waals surface area contributed by atoms with Crippen molar-refractivity contribution in [1.29, 1.82) is 0 Å². The number of esters is 1. The summed E-state index contributed by atoms with van der Waals surface area (Å²) in [6, 6.07) is 0. The van der Waals surface area contributed by atoms with Crippen LogP contribution in [0.15, 0.2) is 11.1 Å². The third kappa shape index (κ3) is 1.92. The monoisotopic (exact) mass is 280 g/mol. The summed E-state index contributed by atoms with van der Waals surface area (Å²) in [5, 5.41) is 0. The Balaban J connectivity index is 2.01. The van der Waals surface area contributed by atoms with Gasteiger partial charge in [0.15, 0.2) is 5.79 Å². The molecule has 2 fully saturated rings. The van der Waals surface area contributed by atoms with Gasteiger partial charge >= 0.3 is 5.97 Å². The molecule has 1 saturated heterocycles. The molecule has 4 heteroatoms. The zero-order chi connectivity index (χ0) is 14.2. The van der Waals surface area contributed by atoms with Gasteiger partial charge < -0.3 is 14.2 Å². The van der Waals surface area contributed by atoms with Crippen molar-refractivity contribution in [2.45, 2.75) is 58.2 Å². The standard InChI is InChI=1S/C16H24O4/c1-3-18-14(17)12-6-4-8-15(2)13(12)7-5-9-16(15)19-10-11-20-16/h3-11H2,1-2H3. The summed E-state index contributed by atoms with van der Waals surface area (Å²) in [4.78, 5) is 12.2. The predicted octanol–water partition coefficient (Wildman–Crippen LogP) is 2.96. The summed E-state index contributed by atoms with van der Waals surface area (Å²) < 4.78 is 17.3. The third-order valence-corrected chi connectivity index (χ3v) is 5.18. The molecule has 0 aromatic rings. The van der Waals surface area contributed by atoms with Crippen LogP contribution in [0.3, 0.4) is 0 Å². The van der Waals surface area contributed by atoms with Crippen LogP contribution >= 0.6 is 0 Å². The summed E-state index contributed by atoms with van der Waals surface area (Å²) in [5.74, 6) is -0.637. The van der Waals surface area contributed by atoms with E-state index in [0.717, 1.165) is 44.1 Å². The van der Waals surface area contributed by atoms with Gasteiger partial charge in [0.1, 0.15) is 0 Å². The Morgan fingerprint density at radius 2 is 1.90 bits per heavy atom. The number of carbonyl (C=O) groups is 1. The maximum Gasteiger partial charge on any atom is 0.333 e. The molecule has 112 valence electrons. The molecule has 1 spiro atoms. The summed E-state index contributed by atoms with van der Waals surface area (Å²) >= 11 is 0. The lowest BCUT2D eigenvalue weighted by Crippen LogP contribution is -2.52. The van der Waals surface area contributed by atoms with Crippen LogP contribution in [0.4, 0.5) is 0 Å². The highest BCUT2D eigenvalue weighted by Crippen LogP contribution is 2.57. The number of rotatable bonds is 2. The van der Waals surface area contributed by atoms with Crippen LogP contribution in [0.2, 0.25) is 0 Å². The molecule has 1 aliphatic heterocycles. The van der Waals surface area contributed by atoms with Crippen molar-refractivity contribution in [2.75, 3.05) is 19.8 Å². The third-order valence-electron chi connectivity index (χ3n) is 5.18. The molecule has 2 aliphatic carbocycles. The normalized spacial score (nSPS) is 32.3. The molecule has 1 unspecified atom stereocenters. The van der Waals surface area contributed by atoms with E-state index < -0.39 is 5.79 Å². The molecule has 20 heavy (non-hydrogen) atoms. The molecule has 0 aromatic heterocycles. The van der Waals surface area contributed by atoms with Crippen molar-refractivity contribution in [1.82, 2.24) is 0 Å². The maximum absolute atomic E-state index is 12.2. The molecular weight excluding hydrogens is 256 g/mol. The van der Waals surface area contributed by atoms with E-state index >= 15 is 0 Å². The first-order valence-electron chi connectivity index (χ1n) is 7.80. The molecule has 0 N–H and O–H groups in total. The van der Waals surface area contributed by atoms with Crippen LogP contribution in [0.5, 0.6) is 0 Å². The second-order valence-corrected chi connectivity index (χ2v) is 6.17. The Hall–Kier alpha value is -0.870. The van der Waals surface area contributed by atoms with Gasteiger partial charge in [0.2, 0.25) is 0 Å². The van der Waals surface area contributed by atoms with Gasteiger partial charge in [-0.15, -0.1) is 0 Å². The van der Waals surface area contributed by atoms with E-state index in [0.29, 0.717) is 19.8 Å². The topological polar surface area (TPSA) is 44.8 Å². The van der Waals surface area contributed by atoms with Gasteiger partial charge in [0, 0.05) is 17.4 Å². The fraction of sp³-hybridized carbons (Fsp3) is 0.812. The van der Waals surface area contributed by atoms with Crippen molar-refractivity contribution in [2.24, 2.45) is 5.41 Å². The highest BCUT2D eigenvalue weighted by atomic mass is 16.7. The molecule has 3 rings (SSSR count). The molecule has 1 saturated carbocycles. The van der Waals surface area contributed by atoms with E-state index in [1.807, 2.05) is 6.92 Å². The second kappa shape index (κ2) is 5.15. The summed E-state index contributed by atoms with van der Waals surface area (Å²) in [7, 11) is 0. The maximum atomic E-state index is 12.2. The highest BCUT2D eigenvalue weighted by molar-refractivity contribution is 5.90. The van der Waals surface area contributed by atoms with Gasteiger partial charge in [-0.2, -0.15) is 0 Å². The second-order valence-electron chi connectivity index (χ2n) is 6.17. The summed E-state index contributed by atoms with van der Waals surface area (Å²) in [5.41, 5.74) is 1.95. The van der Waals surface area contributed by atoms with Crippen LogP contribution in [-0.2, 0) is 19.0 Å². The Morgan fingerprint density at radius 3 is 2.60 bits per heavy atom. The Bertz CT molecular complexity index is 434. The first-order valence-corrected chi connectivity index (χ1v) is 7.80. The zero-order valence-electron chi connectivity index (χ0n) is 12.5. The number of fused-ring (bicyclic) bond motifs is 2. The number of carbonyl (C=O) groups excluding carboxylic acids is 1. The van der Waals surface area contributed by atoms with Crippen LogP contribution in [0.1, 0.15) is 52.4 Å². The molecule has 3 aliphatic rings. The molecule has 4 nitrogen and oxygen atoms in total. The summed E-state index contributed by atoms with van der Waals surface area (Å²) in [6.07, 6.45) is 5.80. The quantitative estimate of drug-likeness (QED) is 0.729. The minimum absolute atomic E-state index is 0.136. The lowest BCUT2D eigenvalue weighted by Gasteiger charge is -2.52. The Labute approximate surface area is 120 Å². The van der Waals surface area contributed by atoms with Crippen molar-refractivity contribution in [3.8, 4) is 0 Å². The van der Waals surface area contributed by atoms with E-state index in [1.165, 1.54) is 5.57 Å². The minimum atomic E-state index is -0.501. The van der Waals surface area contributed by atoms with Crippen LogP contribution in [0.25, 0.3) is 0 Å². The fourth-order valence-corrected chi connectivity index (χ4v) is 4.24. The predicted molar refractivity (Wildman–Crippen MR) is 74.1 cm³/mol. The highest BCUT2D eigenvalue weighted by Gasteiger charge is 2.58. The van der Waals surface area contributed by atoms with E-state index in [1.54, 1.807) is 0 Å². The van der Waals surface area contributed by atoms with Gasteiger partial charge in [-0.05, 0) is 44.6 Å². The largest absolute Gasteiger partial charge is 0.463 e. The van der Waals surface area contributed by atoms with Gasteiger partial charge in [-0.3, -0.25) is 0 Å². The van der Waals surface area contributed by atoms with E-state index in [-0.39, 0.29) is 11.4 Å². The van der Waals surface area contributed by atoms with Crippen molar-refractivity contribution in [3.05, 3.63) is 11.1 Å². The van der Waals surface area contributed by atoms with Crippen molar-refractivity contribution < 1.29 is 19.0 Å². The number of ether oxygens (including phenoxy) is 3. The van der Waals surface area contributed by atoms with Gasteiger partial charge in [0.05, 0.1) is 19.8 Å². The SMILES string of the molecule is CCOC(=O)C1=C2CCCC3(OCCO3)C2(C)CCC1. The first-order chi connectivity index (χ1) is 9.63. The molecule has 1 heterocycles. The molecule has 0 radical (unpaired) electrons. The van der Waals surface area contributed by atoms with Crippen molar-refractivity contribution in [3.63, 3.8) is 0 Å². The number of hydrogen-bond donors (Lipinski definition) is 0. The molecule has 0 aromatic carbocycles. The lowest BCUT2D eigenvalue weighted by atomic mass is 9.60.